The Kier molecular flexibility index (Phi) is 3.99. The largest absolute Gasteiger partial charge is 0.316 e. The second-order valence-corrected chi connectivity index (χ2v) is 5.57. The number of benzene rings is 1. The highest BCUT2D eigenvalue weighted by atomic mass is 19.1. The van der Waals surface area contributed by atoms with Gasteiger partial charge in [0.15, 0.2) is 0 Å². The topological polar surface area (TPSA) is 29.1 Å². The summed E-state index contributed by atoms with van der Waals surface area (Å²) in [6.07, 6.45) is 0.818. The fourth-order valence-electron chi connectivity index (χ4n) is 2.78. The molecule has 0 radical (unpaired) electrons. The number of nitrogens with one attached hydrogen (secondary N) is 1. The first-order chi connectivity index (χ1) is 8.95. The van der Waals surface area contributed by atoms with Crippen LogP contribution in [0.1, 0.15) is 25.8 Å². The number of Topliss-reactive ketones (excluding diaryl/α,β-unsaturated/α-hetero) is 1. The Labute approximate surface area is 112 Å². The van der Waals surface area contributed by atoms with E-state index in [9.17, 15) is 13.6 Å². The van der Waals surface area contributed by atoms with E-state index in [1.807, 2.05) is 13.8 Å². The minimum atomic E-state index is -0.641. The Balaban J connectivity index is 2.20. The summed E-state index contributed by atoms with van der Waals surface area (Å²) in [5.41, 5.74) is -0.140. The number of halogens is 2. The van der Waals surface area contributed by atoms with Crippen molar-refractivity contribution < 1.29 is 13.6 Å². The van der Waals surface area contributed by atoms with Gasteiger partial charge < -0.3 is 5.32 Å². The first kappa shape index (κ1) is 14.1. The number of ketones is 1. The van der Waals surface area contributed by atoms with Crippen LogP contribution in [0.5, 0.6) is 0 Å². The maximum atomic E-state index is 13.6. The maximum Gasteiger partial charge on any atom is 0.145 e. The summed E-state index contributed by atoms with van der Waals surface area (Å²) in [6.45, 7) is 5.50. The van der Waals surface area contributed by atoms with Crippen molar-refractivity contribution in [3.8, 4) is 0 Å². The molecule has 0 spiro atoms. The third-order valence-corrected chi connectivity index (χ3v) is 4.21. The van der Waals surface area contributed by atoms with Crippen molar-refractivity contribution in [3.63, 3.8) is 0 Å². The molecule has 1 atom stereocenters. The van der Waals surface area contributed by atoms with E-state index < -0.39 is 17.0 Å². The fourth-order valence-corrected chi connectivity index (χ4v) is 2.78. The molecule has 1 N–H and O–H groups in total. The fraction of sp³-hybridized carbons (Fsp3) is 0.533. The molecule has 1 unspecified atom stereocenters. The molecule has 0 aromatic heterocycles. The second kappa shape index (κ2) is 5.37. The average molecular weight is 267 g/mol. The van der Waals surface area contributed by atoms with Crippen molar-refractivity contribution in [2.24, 2.45) is 11.3 Å². The van der Waals surface area contributed by atoms with E-state index >= 15 is 0 Å². The summed E-state index contributed by atoms with van der Waals surface area (Å²) in [5.74, 6) is -1.01. The van der Waals surface area contributed by atoms with E-state index in [2.05, 4.69) is 5.32 Å². The van der Waals surface area contributed by atoms with Crippen LogP contribution in [0.15, 0.2) is 18.2 Å². The minimum Gasteiger partial charge on any atom is -0.316 e. The van der Waals surface area contributed by atoms with E-state index in [0.717, 1.165) is 19.0 Å². The van der Waals surface area contributed by atoms with Gasteiger partial charge >= 0.3 is 0 Å². The summed E-state index contributed by atoms with van der Waals surface area (Å²) in [6, 6.07) is 3.39. The summed E-state index contributed by atoms with van der Waals surface area (Å²) >= 11 is 0. The van der Waals surface area contributed by atoms with E-state index in [-0.39, 0.29) is 23.7 Å². The molecule has 4 heteroatoms. The van der Waals surface area contributed by atoms with Gasteiger partial charge in [-0.25, -0.2) is 8.78 Å². The first-order valence-corrected chi connectivity index (χ1v) is 6.63. The summed E-state index contributed by atoms with van der Waals surface area (Å²) < 4.78 is 26.5. The highest BCUT2D eigenvalue weighted by molar-refractivity contribution is 5.87. The van der Waals surface area contributed by atoms with Gasteiger partial charge in [-0.15, -0.1) is 0 Å². The standard InChI is InChI=1S/C15H19F2NO/c1-10(2)15(5-6-18-9-15)14(19)7-11-3-4-12(16)8-13(11)17/h3-4,8,10,18H,5-7,9H2,1-2H3. The van der Waals surface area contributed by atoms with Gasteiger partial charge in [0.05, 0.1) is 0 Å². The summed E-state index contributed by atoms with van der Waals surface area (Å²) in [7, 11) is 0. The van der Waals surface area contributed by atoms with Crippen LogP contribution in [0.2, 0.25) is 0 Å². The highest BCUT2D eigenvalue weighted by Crippen LogP contribution is 2.36. The molecule has 1 fully saturated rings. The van der Waals surface area contributed by atoms with Crippen LogP contribution >= 0.6 is 0 Å². The molecule has 1 saturated heterocycles. The molecule has 0 aliphatic carbocycles. The van der Waals surface area contributed by atoms with E-state index in [1.165, 1.54) is 12.1 Å². The molecule has 19 heavy (non-hydrogen) atoms. The zero-order valence-corrected chi connectivity index (χ0v) is 11.3. The van der Waals surface area contributed by atoms with E-state index in [4.69, 9.17) is 0 Å². The molecule has 1 aliphatic rings. The van der Waals surface area contributed by atoms with Gasteiger partial charge in [0.1, 0.15) is 17.4 Å². The van der Waals surface area contributed by atoms with Gasteiger partial charge in [-0.3, -0.25) is 4.79 Å². The summed E-state index contributed by atoms with van der Waals surface area (Å²) in [5, 5.41) is 3.21. The zero-order chi connectivity index (χ0) is 14.0. The van der Waals surface area contributed by atoms with Gasteiger partial charge in [0.25, 0.3) is 0 Å². The Morgan fingerprint density at radius 1 is 1.42 bits per heavy atom. The molecule has 1 aliphatic heterocycles. The van der Waals surface area contributed by atoms with Crippen molar-refractivity contribution >= 4 is 5.78 Å². The van der Waals surface area contributed by atoms with Gasteiger partial charge in [0.2, 0.25) is 0 Å². The molecular weight excluding hydrogens is 248 g/mol. The molecule has 1 heterocycles. The van der Waals surface area contributed by atoms with E-state index in [1.54, 1.807) is 0 Å². The predicted molar refractivity (Wildman–Crippen MR) is 69.8 cm³/mol. The third kappa shape index (κ3) is 2.68. The number of rotatable bonds is 4. The van der Waals surface area contributed by atoms with Gasteiger partial charge in [0, 0.05) is 24.4 Å². The molecular formula is C15H19F2NO. The summed E-state index contributed by atoms with van der Waals surface area (Å²) in [4.78, 5) is 12.5. The van der Waals surface area contributed by atoms with Crippen molar-refractivity contribution in [1.82, 2.24) is 5.32 Å². The van der Waals surface area contributed by atoms with Crippen LogP contribution in [0.3, 0.4) is 0 Å². The van der Waals surface area contributed by atoms with Crippen molar-refractivity contribution in [2.45, 2.75) is 26.7 Å². The lowest BCUT2D eigenvalue weighted by Gasteiger charge is -2.31. The number of hydrogen-bond acceptors (Lipinski definition) is 2. The molecule has 2 nitrogen and oxygen atoms in total. The SMILES string of the molecule is CC(C)C1(C(=O)Cc2ccc(F)cc2F)CCNC1. The minimum absolute atomic E-state index is 0.0337. The van der Waals surface area contributed by atoms with Gasteiger partial charge in [-0.1, -0.05) is 19.9 Å². The predicted octanol–water partition coefficient (Wildman–Crippen LogP) is 2.71. The molecule has 0 saturated carbocycles. The number of carbonyl (C=O) groups excluding carboxylic acids is 1. The molecule has 1 aromatic rings. The Hall–Kier alpha value is -1.29. The van der Waals surface area contributed by atoms with E-state index in [0.29, 0.717) is 6.54 Å². The first-order valence-electron chi connectivity index (χ1n) is 6.63. The van der Waals surface area contributed by atoms with Crippen molar-refractivity contribution in [2.75, 3.05) is 13.1 Å². The molecule has 0 bridgehead atoms. The van der Waals surface area contributed by atoms with Crippen LogP contribution in [0, 0.1) is 23.0 Å². The van der Waals surface area contributed by atoms with Crippen molar-refractivity contribution in [1.29, 1.82) is 0 Å². The lowest BCUT2D eigenvalue weighted by Crippen LogP contribution is -2.39. The van der Waals surface area contributed by atoms with Crippen LogP contribution < -0.4 is 5.32 Å². The average Bonchev–Trinajstić information content (AvgIpc) is 2.83. The van der Waals surface area contributed by atoms with Crippen LogP contribution in [0.4, 0.5) is 8.78 Å². The zero-order valence-electron chi connectivity index (χ0n) is 11.3. The number of hydrogen-bond donors (Lipinski definition) is 1. The molecule has 2 rings (SSSR count). The molecule has 104 valence electrons. The lowest BCUT2D eigenvalue weighted by atomic mass is 9.71. The Morgan fingerprint density at radius 2 is 2.16 bits per heavy atom. The highest BCUT2D eigenvalue weighted by Gasteiger charge is 2.43. The number of carbonyl (C=O) groups is 1. The monoisotopic (exact) mass is 267 g/mol. The van der Waals surface area contributed by atoms with Crippen LogP contribution in [-0.4, -0.2) is 18.9 Å². The molecule has 0 amide bonds. The second-order valence-electron chi connectivity index (χ2n) is 5.57. The third-order valence-electron chi connectivity index (χ3n) is 4.21. The van der Waals surface area contributed by atoms with Gasteiger partial charge in [-0.05, 0) is 30.5 Å². The maximum absolute atomic E-state index is 13.6. The van der Waals surface area contributed by atoms with Crippen LogP contribution in [-0.2, 0) is 11.2 Å². The molecule has 1 aromatic carbocycles. The van der Waals surface area contributed by atoms with Gasteiger partial charge in [-0.2, -0.15) is 0 Å². The lowest BCUT2D eigenvalue weighted by molar-refractivity contribution is -0.129. The van der Waals surface area contributed by atoms with Crippen molar-refractivity contribution in [3.05, 3.63) is 35.4 Å². The van der Waals surface area contributed by atoms with Crippen LogP contribution in [0.25, 0.3) is 0 Å². The normalized spacial score (nSPS) is 23.0. The Bertz CT molecular complexity index is 479. The Morgan fingerprint density at radius 3 is 2.68 bits per heavy atom. The smallest absolute Gasteiger partial charge is 0.145 e. The quantitative estimate of drug-likeness (QED) is 0.908.